The van der Waals surface area contributed by atoms with Gasteiger partial charge in [-0.25, -0.2) is 14.4 Å². The van der Waals surface area contributed by atoms with E-state index in [-0.39, 0.29) is 30.4 Å². The van der Waals surface area contributed by atoms with E-state index in [2.05, 4.69) is 9.97 Å². The van der Waals surface area contributed by atoms with E-state index in [1.165, 1.54) is 12.3 Å². The Balaban J connectivity index is 1.28. The Labute approximate surface area is 277 Å². The van der Waals surface area contributed by atoms with Crippen molar-refractivity contribution in [2.24, 2.45) is 0 Å². The highest BCUT2D eigenvalue weighted by Gasteiger charge is 2.23. The van der Waals surface area contributed by atoms with E-state index in [0.29, 0.717) is 34.7 Å². The number of benzene rings is 4. The Morgan fingerprint density at radius 3 is 2.38 bits per heavy atom. The molecule has 0 saturated carbocycles. The van der Waals surface area contributed by atoms with Gasteiger partial charge in [-0.15, -0.1) is 0 Å². The first kappa shape index (κ1) is 31.9. The third-order valence-corrected chi connectivity index (χ3v) is 8.25. The van der Waals surface area contributed by atoms with Crippen LogP contribution < -0.4 is 25.3 Å². The summed E-state index contributed by atoms with van der Waals surface area (Å²) in [6.07, 6.45) is 2.26. The maximum atomic E-state index is 13.4. The maximum absolute atomic E-state index is 13.4. The van der Waals surface area contributed by atoms with Crippen LogP contribution in [0.15, 0.2) is 95.5 Å². The molecule has 1 aliphatic carbocycles. The molecule has 10 heteroatoms. The first-order chi connectivity index (χ1) is 23.1. The fourth-order valence-corrected chi connectivity index (χ4v) is 5.60. The van der Waals surface area contributed by atoms with Crippen LogP contribution in [0.3, 0.4) is 0 Å². The minimum absolute atomic E-state index is 0.0523. The number of hydrogen-bond acceptors (Lipinski definition) is 8. The number of rotatable bonds is 10. The van der Waals surface area contributed by atoms with Gasteiger partial charge in [0.2, 0.25) is 5.36 Å². The summed E-state index contributed by atoms with van der Waals surface area (Å²) < 4.78 is 14.0. The van der Waals surface area contributed by atoms with Crippen molar-refractivity contribution in [3.63, 3.8) is 0 Å². The highest BCUT2D eigenvalue weighted by molar-refractivity contribution is 6.09. The Bertz CT molecular complexity index is 2200. The molecule has 6 rings (SSSR count). The second-order valence-corrected chi connectivity index (χ2v) is 12.0. The minimum Gasteiger partial charge on any atom is -0.478 e. The average Bonchev–Trinajstić information content (AvgIpc) is 3.08. The zero-order chi connectivity index (χ0) is 33.9. The minimum atomic E-state index is -1.11. The van der Waals surface area contributed by atoms with Crippen LogP contribution in [-0.4, -0.2) is 55.0 Å². The topological polar surface area (TPSA) is 135 Å². The van der Waals surface area contributed by atoms with Crippen LogP contribution in [0.4, 0.5) is 11.5 Å². The Hall–Kier alpha value is -6.03. The van der Waals surface area contributed by atoms with Crippen LogP contribution in [0.2, 0.25) is 0 Å². The summed E-state index contributed by atoms with van der Waals surface area (Å²) in [6, 6.07) is 26.2. The van der Waals surface area contributed by atoms with Gasteiger partial charge in [0.1, 0.15) is 37.9 Å². The summed E-state index contributed by atoms with van der Waals surface area (Å²) in [5.41, 5.74) is 11.6. The molecular weight excluding hydrogens is 606 g/mol. The number of fused-ring (bicyclic) bond motifs is 2. The molecule has 10 nitrogen and oxygen atoms in total. The molecule has 0 saturated heterocycles. The lowest BCUT2D eigenvalue weighted by Crippen LogP contribution is -2.21. The van der Waals surface area contributed by atoms with E-state index in [9.17, 15) is 14.7 Å². The van der Waals surface area contributed by atoms with E-state index in [1.807, 2.05) is 98.3 Å². The van der Waals surface area contributed by atoms with Gasteiger partial charge in [-0.2, -0.15) is 4.98 Å². The van der Waals surface area contributed by atoms with Crippen molar-refractivity contribution < 1.29 is 23.8 Å². The lowest BCUT2D eigenvalue weighted by Gasteiger charge is -2.19. The molecule has 2 aliphatic rings. The smallest absolute Gasteiger partial charge is 0.336 e. The van der Waals surface area contributed by atoms with E-state index in [0.717, 1.165) is 38.7 Å². The molecule has 3 aromatic carbocycles. The number of aryl methyl sites for hydroxylation is 1. The zero-order valence-corrected chi connectivity index (χ0v) is 27.2. The molecule has 3 N–H and O–H groups in total. The van der Waals surface area contributed by atoms with Crippen LogP contribution in [0.25, 0.3) is 33.4 Å². The van der Waals surface area contributed by atoms with Crippen molar-refractivity contribution in [3.8, 4) is 28.5 Å². The number of carbonyl (C=O) groups is 2. The maximum Gasteiger partial charge on any atom is 0.336 e. The van der Waals surface area contributed by atoms with Crippen molar-refractivity contribution in [2.45, 2.75) is 19.4 Å². The number of nitrogen functional groups attached to an aromatic ring is 1. The van der Waals surface area contributed by atoms with Gasteiger partial charge in [0.15, 0.2) is 5.78 Å². The molecule has 1 aromatic heterocycles. The molecule has 1 aliphatic heterocycles. The van der Waals surface area contributed by atoms with Gasteiger partial charge in [-0.3, -0.25) is 4.79 Å². The lowest BCUT2D eigenvalue weighted by atomic mass is 9.89. The standard InChI is InChI=1S/C38H35N5O5/c1-42(2)26-11-14-29-33(20-26)48-34-21-27(43(3)4)12-15-30(34)36(29)28-13-10-25(19-31(28)37(45)46)32(44)16-9-23-5-7-24(8-6-23)22-47-38-40-18-17-35(39)41-38/h5-8,10-15,17-21H,9,16,22H2,1-4H3,(H2-,39,40,41,45,46)/p+1. The van der Waals surface area contributed by atoms with Crippen LogP contribution in [0, 0.1) is 0 Å². The quantitative estimate of drug-likeness (QED) is 0.109. The molecule has 0 unspecified atom stereocenters. The summed E-state index contributed by atoms with van der Waals surface area (Å²) in [4.78, 5) is 36.1. The zero-order valence-electron chi connectivity index (χ0n) is 27.2. The predicted octanol–water partition coefficient (Wildman–Crippen LogP) is 5.77. The molecule has 0 spiro atoms. The first-order valence-corrected chi connectivity index (χ1v) is 15.5. The molecule has 2 heterocycles. The number of nitrogens with two attached hydrogens (primary N) is 1. The van der Waals surface area contributed by atoms with Gasteiger partial charge >= 0.3 is 12.0 Å². The Morgan fingerprint density at radius 1 is 0.917 bits per heavy atom. The number of hydrogen-bond donors (Lipinski definition) is 2. The Morgan fingerprint density at radius 2 is 1.67 bits per heavy atom. The van der Waals surface area contributed by atoms with E-state index in [1.54, 1.807) is 18.2 Å². The molecule has 242 valence electrons. The summed E-state index contributed by atoms with van der Waals surface area (Å²) in [5.74, 6) is -0.287. The van der Waals surface area contributed by atoms with Gasteiger partial charge in [-0.05, 0) is 53.4 Å². The van der Waals surface area contributed by atoms with Crippen LogP contribution in [-0.2, 0) is 13.0 Å². The van der Waals surface area contributed by atoms with Crippen molar-refractivity contribution >= 4 is 34.2 Å². The molecular formula is C38H36N5O5+. The molecule has 0 fully saturated rings. The highest BCUT2D eigenvalue weighted by atomic mass is 16.5. The summed E-state index contributed by atoms with van der Waals surface area (Å²) in [6.45, 7) is 0.278. The summed E-state index contributed by atoms with van der Waals surface area (Å²) >= 11 is 0. The fraction of sp³-hybridized carbons (Fsp3) is 0.184. The number of ether oxygens (including phenoxy) is 1. The lowest BCUT2D eigenvalue weighted by molar-refractivity contribution is 0.0697. The second-order valence-electron chi connectivity index (χ2n) is 12.0. The summed E-state index contributed by atoms with van der Waals surface area (Å²) in [7, 11) is 7.82. The number of ketones is 1. The predicted molar refractivity (Wildman–Crippen MR) is 187 cm³/mol. The van der Waals surface area contributed by atoms with Crippen molar-refractivity contribution in [1.82, 2.24) is 14.5 Å². The third kappa shape index (κ3) is 6.73. The average molecular weight is 643 g/mol. The number of nitrogens with zero attached hydrogens (tertiary/aromatic N) is 4. The van der Waals surface area contributed by atoms with Crippen LogP contribution >= 0.6 is 0 Å². The molecule has 0 bridgehead atoms. The number of Topliss-reactive ketones (excluding diaryl/α,β-unsaturated/α-hetero) is 1. The fourth-order valence-electron chi connectivity index (χ4n) is 5.60. The van der Waals surface area contributed by atoms with E-state index >= 15 is 0 Å². The van der Waals surface area contributed by atoms with Gasteiger partial charge in [0.05, 0.1) is 11.6 Å². The Kier molecular flexibility index (Phi) is 8.89. The molecule has 0 radical (unpaired) electrons. The molecule has 4 aromatic rings. The number of aromatic carboxylic acids is 1. The summed E-state index contributed by atoms with van der Waals surface area (Å²) in [5, 5.41) is 12.1. The third-order valence-electron chi connectivity index (χ3n) is 8.25. The van der Waals surface area contributed by atoms with Gasteiger partial charge in [0, 0.05) is 66.6 Å². The molecule has 48 heavy (non-hydrogen) atoms. The number of carboxylic acid groups (broad SMARTS) is 1. The van der Waals surface area contributed by atoms with E-state index in [4.69, 9.17) is 14.9 Å². The van der Waals surface area contributed by atoms with Gasteiger partial charge in [0.25, 0.3) is 0 Å². The van der Waals surface area contributed by atoms with Crippen LogP contribution in [0.5, 0.6) is 6.01 Å². The largest absolute Gasteiger partial charge is 0.478 e. The number of carboxylic acids is 1. The van der Waals surface area contributed by atoms with Crippen molar-refractivity contribution in [3.05, 3.63) is 119 Å². The molecule has 0 amide bonds. The van der Waals surface area contributed by atoms with Crippen molar-refractivity contribution in [1.29, 1.82) is 0 Å². The van der Waals surface area contributed by atoms with Crippen molar-refractivity contribution in [2.75, 3.05) is 38.8 Å². The first-order valence-electron chi connectivity index (χ1n) is 15.5. The highest BCUT2D eigenvalue weighted by Crippen LogP contribution is 2.42. The number of anilines is 2. The van der Waals surface area contributed by atoms with Gasteiger partial charge in [-0.1, -0.05) is 36.4 Å². The SMILES string of the molecule is CN(C)c1ccc2c(-c3ccc(C(=O)CCc4ccc(COc5nccc(N)n5)cc4)cc3C(=O)O)c3ccc(=[N+](C)C)cc-3oc2c1. The normalized spacial score (nSPS) is 11.1. The van der Waals surface area contributed by atoms with E-state index < -0.39 is 5.97 Å². The second kappa shape index (κ2) is 13.4. The number of aromatic nitrogens is 2. The monoisotopic (exact) mass is 642 g/mol. The van der Waals surface area contributed by atoms with Crippen LogP contribution in [0.1, 0.15) is 38.3 Å². The number of carbonyl (C=O) groups excluding carboxylic acids is 1. The molecule has 0 atom stereocenters. The van der Waals surface area contributed by atoms with Gasteiger partial charge < -0.3 is 24.9 Å².